The van der Waals surface area contributed by atoms with Crippen LogP contribution in [0.5, 0.6) is 11.5 Å². The van der Waals surface area contributed by atoms with Crippen molar-refractivity contribution in [2.24, 2.45) is 0 Å². The Labute approximate surface area is 98.0 Å². The molecule has 1 aromatic carbocycles. The van der Waals surface area contributed by atoms with Gasteiger partial charge >= 0.3 is 5.97 Å². The summed E-state index contributed by atoms with van der Waals surface area (Å²) in [5.41, 5.74) is -0.955. The topological polar surface area (TPSA) is 55.8 Å². The molecule has 4 nitrogen and oxygen atoms in total. The Bertz CT molecular complexity index is 472. The number of aromatic hydroxyl groups is 1. The molecule has 1 atom stereocenters. The van der Waals surface area contributed by atoms with Crippen LogP contribution in [-0.2, 0) is 16.0 Å². The molecule has 1 aliphatic heterocycles. The molecule has 0 saturated heterocycles. The van der Waals surface area contributed by atoms with Gasteiger partial charge in [0.15, 0.2) is 11.6 Å². The number of ether oxygens (including phenoxy) is 2. The quantitative estimate of drug-likeness (QED) is 0.801. The van der Waals surface area contributed by atoms with E-state index in [0.717, 1.165) is 0 Å². The number of phenols is 1. The van der Waals surface area contributed by atoms with E-state index in [9.17, 15) is 14.3 Å². The zero-order valence-electron chi connectivity index (χ0n) is 9.62. The van der Waals surface area contributed by atoms with Crippen LogP contribution in [0.25, 0.3) is 0 Å². The largest absolute Gasteiger partial charge is 0.505 e. The van der Waals surface area contributed by atoms with Gasteiger partial charge in [-0.3, -0.25) is 0 Å². The van der Waals surface area contributed by atoms with E-state index in [4.69, 9.17) is 4.74 Å². The van der Waals surface area contributed by atoms with Crippen LogP contribution in [-0.4, -0.2) is 23.8 Å². The van der Waals surface area contributed by atoms with Gasteiger partial charge in [-0.2, -0.15) is 0 Å². The van der Waals surface area contributed by atoms with Crippen LogP contribution >= 0.6 is 0 Å². The molecule has 0 saturated carbocycles. The van der Waals surface area contributed by atoms with Crippen LogP contribution in [0.4, 0.5) is 4.39 Å². The first-order chi connectivity index (χ1) is 8.04. The maximum absolute atomic E-state index is 13.7. The minimum Gasteiger partial charge on any atom is -0.505 e. The molecule has 1 aromatic rings. The predicted octanol–water partition coefficient (Wildman–Crippen LogP) is 1.79. The molecule has 1 heterocycles. The van der Waals surface area contributed by atoms with E-state index in [1.165, 1.54) is 19.2 Å². The van der Waals surface area contributed by atoms with Gasteiger partial charge in [0.25, 0.3) is 0 Å². The molecule has 0 radical (unpaired) electrons. The highest BCUT2D eigenvalue weighted by Gasteiger charge is 2.47. The Morgan fingerprint density at radius 3 is 2.94 bits per heavy atom. The summed E-state index contributed by atoms with van der Waals surface area (Å²) < 4.78 is 23.9. The maximum atomic E-state index is 13.7. The van der Waals surface area contributed by atoms with Gasteiger partial charge in [0.1, 0.15) is 5.75 Å². The molecule has 1 unspecified atom stereocenters. The van der Waals surface area contributed by atoms with Gasteiger partial charge < -0.3 is 14.6 Å². The minimum absolute atomic E-state index is 0.0751. The fourth-order valence-corrected chi connectivity index (χ4v) is 2.02. The van der Waals surface area contributed by atoms with Crippen molar-refractivity contribution in [2.75, 3.05) is 7.11 Å². The zero-order chi connectivity index (χ0) is 12.6. The number of esters is 1. The molecule has 1 aliphatic rings. The molecule has 17 heavy (non-hydrogen) atoms. The van der Waals surface area contributed by atoms with Gasteiger partial charge in [-0.05, 0) is 18.6 Å². The van der Waals surface area contributed by atoms with Crippen LogP contribution in [0.2, 0.25) is 0 Å². The number of carbonyl (C=O) groups excluding carboxylic acids is 1. The predicted molar refractivity (Wildman–Crippen MR) is 57.4 cm³/mol. The normalized spacial score (nSPS) is 21.8. The van der Waals surface area contributed by atoms with Crippen molar-refractivity contribution in [1.29, 1.82) is 0 Å². The lowest BCUT2D eigenvalue weighted by molar-refractivity contribution is -0.157. The number of halogens is 1. The number of fused-ring (bicyclic) bond motifs is 1. The van der Waals surface area contributed by atoms with Crippen molar-refractivity contribution < 1.29 is 23.8 Å². The van der Waals surface area contributed by atoms with Crippen molar-refractivity contribution >= 4 is 5.97 Å². The number of phenolic OH excluding ortho intramolecular Hbond substituents is 1. The van der Waals surface area contributed by atoms with Gasteiger partial charge in [-0.15, -0.1) is 0 Å². The van der Waals surface area contributed by atoms with E-state index in [-0.39, 0.29) is 17.7 Å². The molecular weight excluding hydrogens is 227 g/mol. The molecule has 0 fully saturated rings. The minimum atomic E-state index is -1.17. The second-order valence-electron chi connectivity index (χ2n) is 3.99. The summed E-state index contributed by atoms with van der Waals surface area (Å²) in [7, 11) is 1.26. The van der Waals surface area contributed by atoms with E-state index in [1.807, 2.05) is 0 Å². The smallest absolute Gasteiger partial charge is 0.350 e. The average Bonchev–Trinajstić information content (AvgIpc) is 2.74. The van der Waals surface area contributed by atoms with Crippen LogP contribution < -0.4 is 4.74 Å². The lowest BCUT2D eigenvalue weighted by atomic mass is 9.94. The maximum Gasteiger partial charge on any atom is 0.350 e. The lowest BCUT2D eigenvalue weighted by Crippen LogP contribution is -2.43. The van der Waals surface area contributed by atoms with Gasteiger partial charge in [0.2, 0.25) is 5.60 Å². The van der Waals surface area contributed by atoms with Crippen molar-refractivity contribution in [3.63, 3.8) is 0 Å². The summed E-state index contributed by atoms with van der Waals surface area (Å²) in [6.07, 6.45) is 0.445. The summed E-state index contributed by atoms with van der Waals surface area (Å²) >= 11 is 0. The number of carbonyl (C=O) groups is 1. The fourth-order valence-electron chi connectivity index (χ4n) is 2.02. The van der Waals surface area contributed by atoms with Crippen LogP contribution in [0.15, 0.2) is 12.1 Å². The van der Waals surface area contributed by atoms with Crippen molar-refractivity contribution in [2.45, 2.75) is 25.4 Å². The summed E-state index contributed by atoms with van der Waals surface area (Å²) in [5.74, 6) is -1.42. The van der Waals surface area contributed by atoms with Crippen LogP contribution in [0.3, 0.4) is 0 Å². The summed E-state index contributed by atoms with van der Waals surface area (Å²) in [6.45, 7) is 1.76. The Balaban J connectivity index is 2.44. The zero-order valence-corrected chi connectivity index (χ0v) is 9.62. The molecule has 2 rings (SSSR count). The average molecular weight is 240 g/mol. The monoisotopic (exact) mass is 240 g/mol. The molecule has 5 heteroatoms. The highest BCUT2D eigenvalue weighted by Crippen LogP contribution is 2.41. The Morgan fingerprint density at radius 2 is 2.35 bits per heavy atom. The molecule has 1 N–H and O–H groups in total. The lowest BCUT2D eigenvalue weighted by Gasteiger charge is -2.23. The SMILES string of the molecule is CCC1(C(=O)OC)Cc2c(ccc(O)c2F)O1. The number of methoxy groups -OCH3 is 1. The third kappa shape index (κ3) is 1.62. The van der Waals surface area contributed by atoms with E-state index >= 15 is 0 Å². The van der Waals surface area contributed by atoms with Gasteiger partial charge in [0.05, 0.1) is 7.11 Å². The van der Waals surface area contributed by atoms with E-state index in [2.05, 4.69) is 4.74 Å². The van der Waals surface area contributed by atoms with Crippen molar-refractivity contribution in [3.8, 4) is 11.5 Å². The third-order valence-electron chi connectivity index (χ3n) is 3.08. The van der Waals surface area contributed by atoms with Gasteiger partial charge in [-0.1, -0.05) is 6.92 Å². The standard InChI is InChI=1S/C12H13FO4/c1-3-12(11(15)16-2)6-7-9(17-12)5-4-8(14)10(7)13/h4-5,14H,3,6H2,1-2H3. The van der Waals surface area contributed by atoms with Crippen LogP contribution in [0.1, 0.15) is 18.9 Å². The van der Waals surface area contributed by atoms with E-state index < -0.39 is 23.1 Å². The first-order valence-corrected chi connectivity index (χ1v) is 5.32. The Hall–Kier alpha value is -1.78. The molecule has 0 aromatic heterocycles. The molecule has 0 bridgehead atoms. The Morgan fingerprint density at radius 1 is 1.65 bits per heavy atom. The molecule has 0 spiro atoms. The number of hydrogen-bond acceptors (Lipinski definition) is 4. The first-order valence-electron chi connectivity index (χ1n) is 5.32. The van der Waals surface area contributed by atoms with Crippen molar-refractivity contribution in [1.82, 2.24) is 0 Å². The first kappa shape index (κ1) is 11.7. The number of rotatable bonds is 2. The van der Waals surface area contributed by atoms with Crippen molar-refractivity contribution in [3.05, 3.63) is 23.5 Å². The second-order valence-corrected chi connectivity index (χ2v) is 3.99. The Kier molecular flexibility index (Phi) is 2.69. The van der Waals surface area contributed by atoms with Gasteiger partial charge in [-0.25, -0.2) is 9.18 Å². The third-order valence-corrected chi connectivity index (χ3v) is 3.08. The van der Waals surface area contributed by atoms with Crippen LogP contribution in [0, 0.1) is 5.82 Å². The highest BCUT2D eigenvalue weighted by molar-refractivity contribution is 5.81. The summed E-state index contributed by atoms with van der Waals surface area (Å²) in [4.78, 5) is 11.7. The fraction of sp³-hybridized carbons (Fsp3) is 0.417. The molecule has 0 aliphatic carbocycles. The molecule has 0 amide bonds. The van der Waals surface area contributed by atoms with Gasteiger partial charge in [0, 0.05) is 12.0 Å². The van der Waals surface area contributed by atoms with E-state index in [1.54, 1.807) is 6.92 Å². The summed E-state index contributed by atoms with van der Waals surface area (Å²) in [6, 6.07) is 2.66. The summed E-state index contributed by atoms with van der Waals surface area (Å²) in [5, 5.41) is 9.28. The number of hydrogen-bond donors (Lipinski definition) is 1. The molecular formula is C12H13FO4. The second kappa shape index (κ2) is 3.91. The van der Waals surface area contributed by atoms with E-state index in [0.29, 0.717) is 6.42 Å². The number of benzene rings is 1. The molecule has 92 valence electrons. The highest BCUT2D eigenvalue weighted by atomic mass is 19.1.